The Morgan fingerprint density at radius 3 is 3.00 bits per heavy atom. The summed E-state index contributed by atoms with van der Waals surface area (Å²) in [4.78, 5) is 12.9. The van der Waals surface area contributed by atoms with Gasteiger partial charge < -0.3 is 10.0 Å². The summed E-state index contributed by atoms with van der Waals surface area (Å²) in [6, 6.07) is 0. The van der Waals surface area contributed by atoms with Crippen LogP contribution >= 0.6 is 11.8 Å². The Morgan fingerprint density at radius 2 is 2.55 bits per heavy atom. The zero-order valence-electron chi connectivity index (χ0n) is 6.62. The van der Waals surface area contributed by atoms with Gasteiger partial charge in [0.2, 0.25) is 5.91 Å². The van der Waals surface area contributed by atoms with Gasteiger partial charge in [0, 0.05) is 13.1 Å². The van der Waals surface area contributed by atoms with Crippen LogP contribution in [0, 0.1) is 0 Å². The Balaban J connectivity index is 2.31. The number of hydrogen-bond donors (Lipinski definition) is 1. The number of amides is 1. The Labute approximate surface area is 70.8 Å². The predicted molar refractivity (Wildman–Crippen MR) is 45.6 cm³/mol. The summed E-state index contributed by atoms with van der Waals surface area (Å²) in [6.45, 7) is 1.25. The molecule has 0 unspecified atom stereocenters. The minimum Gasteiger partial charge on any atom is -0.391 e. The predicted octanol–water partition coefficient (Wildman–Crippen LogP) is -0.0574. The first-order chi connectivity index (χ1) is 5.24. The van der Waals surface area contributed by atoms with Gasteiger partial charge in [-0.3, -0.25) is 4.79 Å². The highest BCUT2D eigenvalue weighted by molar-refractivity contribution is 7.99. The van der Waals surface area contributed by atoms with Crippen molar-refractivity contribution in [2.75, 3.05) is 25.1 Å². The van der Waals surface area contributed by atoms with Gasteiger partial charge in [0.05, 0.1) is 11.9 Å². The molecule has 0 aromatic rings. The minimum absolute atomic E-state index is 0.147. The van der Waals surface area contributed by atoms with E-state index in [2.05, 4.69) is 0 Å². The average molecular weight is 175 g/mol. The van der Waals surface area contributed by atoms with Gasteiger partial charge in [-0.15, -0.1) is 0 Å². The number of hydrogen-bond acceptors (Lipinski definition) is 3. The van der Waals surface area contributed by atoms with Crippen molar-refractivity contribution in [1.82, 2.24) is 4.90 Å². The summed E-state index contributed by atoms with van der Waals surface area (Å²) in [7, 11) is 0. The van der Waals surface area contributed by atoms with Crippen molar-refractivity contribution in [2.45, 2.75) is 12.5 Å². The first kappa shape index (κ1) is 8.87. The average Bonchev–Trinajstić information content (AvgIpc) is 2.36. The fourth-order valence-corrected chi connectivity index (χ4v) is 1.61. The van der Waals surface area contributed by atoms with Crippen molar-refractivity contribution < 1.29 is 9.90 Å². The first-order valence-electron chi connectivity index (χ1n) is 3.69. The Kier molecular flexibility index (Phi) is 3.20. The number of thioether (sulfide) groups is 1. The lowest BCUT2D eigenvalue weighted by Crippen LogP contribution is -2.30. The largest absolute Gasteiger partial charge is 0.391 e. The topological polar surface area (TPSA) is 40.5 Å². The minimum atomic E-state index is -0.291. The first-order valence-corrected chi connectivity index (χ1v) is 5.08. The third-order valence-electron chi connectivity index (χ3n) is 1.78. The maximum Gasteiger partial charge on any atom is 0.232 e. The lowest BCUT2D eigenvalue weighted by Gasteiger charge is -2.13. The number of β-amino-alcohol motifs (C(OH)–C–C–N with tert-alkyl or cyclic N) is 1. The van der Waals surface area contributed by atoms with E-state index in [1.807, 2.05) is 6.26 Å². The fourth-order valence-electron chi connectivity index (χ4n) is 1.18. The molecule has 1 rings (SSSR count). The smallest absolute Gasteiger partial charge is 0.232 e. The van der Waals surface area contributed by atoms with Crippen molar-refractivity contribution in [1.29, 1.82) is 0 Å². The van der Waals surface area contributed by atoms with Gasteiger partial charge in [0.25, 0.3) is 0 Å². The molecule has 1 fully saturated rings. The second-order valence-corrected chi connectivity index (χ2v) is 3.58. The Hall–Kier alpha value is -0.220. The van der Waals surface area contributed by atoms with Gasteiger partial charge in [0.1, 0.15) is 0 Å². The van der Waals surface area contributed by atoms with Crippen molar-refractivity contribution in [3.63, 3.8) is 0 Å². The molecule has 11 heavy (non-hydrogen) atoms. The molecule has 1 saturated heterocycles. The van der Waals surface area contributed by atoms with E-state index in [0.717, 1.165) is 13.0 Å². The van der Waals surface area contributed by atoms with Crippen molar-refractivity contribution in [2.24, 2.45) is 0 Å². The normalized spacial score (nSPS) is 24.2. The van der Waals surface area contributed by atoms with Crippen molar-refractivity contribution >= 4 is 17.7 Å². The van der Waals surface area contributed by atoms with Gasteiger partial charge in [0.15, 0.2) is 0 Å². The lowest BCUT2D eigenvalue weighted by atomic mass is 10.3. The molecule has 1 aliphatic heterocycles. The van der Waals surface area contributed by atoms with Gasteiger partial charge in [-0.2, -0.15) is 11.8 Å². The summed E-state index contributed by atoms with van der Waals surface area (Å²) in [5.41, 5.74) is 0. The van der Waals surface area contributed by atoms with Crippen LogP contribution in [0.15, 0.2) is 0 Å². The number of rotatable bonds is 2. The van der Waals surface area contributed by atoms with E-state index in [9.17, 15) is 4.79 Å². The van der Waals surface area contributed by atoms with E-state index in [1.54, 1.807) is 4.90 Å². The van der Waals surface area contributed by atoms with Crippen LogP contribution < -0.4 is 0 Å². The molecule has 0 aromatic heterocycles. The summed E-state index contributed by atoms with van der Waals surface area (Å²) in [5, 5.41) is 9.12. The standard InChI is InChI=1S/C7H13NO2S/c1-11-5-7(10)8-3-2-6(9)4-8/h6,9H,2-5H2,1H3/t6-/m0/s1. The summed E-state index contributed by atoms with van der Waals surface area (Å²) < 4.78 is 0. The van der Waals surface area contributed by atoms with Crippen LogP contribution in [0.4, 0.5) is 0 Å². The molecule has 0 bridgehead atoms. The Bertz CT molecular complexity index is 151. The van der Waals surface area contributed by atoms with Crippen LogP contribution in [0.2, 0.25) is 0 Å². The van der Waals surface area contributed by atoms with Crippen LogP contribution in [-0.4, -0.2) is 47.1 Å². The van der Waals surface area contributed by atoms with Crippen LogP contribution in [0.5, 0.6) is 0 Å². The molecule has 64 valence electrons. The molecule has 0 aromatic carbocycles. The van der Waals surface area contributed by atoms with Crippen molar-refractivity contribution in [3.8, 4) is 0 Å². The Morgan fingerprint density at radius 1 is 1.82 bits per heavy atom. The third-order valence-corrected chi connectivity index (χ3v) is 2.32. The molecular formula is C7H13NO2S. The molecule has 1 atom stereocenters. The SMILES string of the molecule is CSCC(=O)N1CC[C@H](O)C1. The van der Waals surface area contributed by atoms with Crippen LogP contribution in [0.25, 0.3) is 0 Å². The number of carbonyl (C=O) groups excluding carboxylic acids is 1. The highest BCUT2D eigenvalue weighted by Gasteiger charge is 2.23. The number of aliphatic hydroxyl groups is 1. The summed E-state index contributed by atoms with van der Waals surface area (Å²) >= 11 is 1.52. The molecule has 0 aliphatic carbocycles. The molecule has 1 amide bonds. The van der Waals surface area contributed by atoms with Gasteiger partial charge >= 0.3 is 0 Å². The molecule has 0 saturated carbocycles. The maximum atomic E-state index is 11.2. The highest BCUT2D eigenvalue weighted by atomic mass is 32.2. The van der Waals surface area contributed by atoms with E-state index < -0.39 is 0 Å². The monoisotopic (exact) mass is 175 g/mol. The number of aliphatic hydroxyl groups excluding tert-OH is 1. The summed E-state index contributed by atoms with van der Waals surface area (Å²) in [6.07, 6.45) is 2.35. The van der Waals surface area contributed by atoms with Crippen molar-refractivity contribution in [3.05, 3.63) is 0 Å². The number of carbonyl (C=O) groups is 1. The highest BCUT2D eigenvalue weighted by Crippen LogP contribution is 2.09. The molecule has 4 heteroatoms. The van der Waals surface area contributed by atoms with E-state index in [0.29, 0.717) is 12.3 Å². The maximum absolute atomic E-state index is 11.2. The second kappa shape index (κ2) is 3.97. The van der Waals surface area contributed by atoms with Gasteiger partial charge in [-0.05, 0) is 12.7 Å². The lowest BCUT2D eigenvalue weighted by molar-refractivity contribution is -0.127. The second-order valence-electron chi connectivity index (χ2n) is 2.72. The van der Waals surface area contributed by atoms with Crippen LogP contribution in [0.3, 0.4) is 0 Å². The number of likely N-dealkylation sites (tertiary alicyclic amines) is 1. The quantitative estimate of drug-likeness (QED) is 0.639. The molecule has 1 heterocycles. The van der Waals surface area contributed by atoms with Crippen LogP contribution in [0.1, 0.15) is 6.42 Å². The third kappa shape index (κ3) is 2.38. The van der Waals surface area contributed by atoms with Gasteiger partial charge in [-0.1, -0.05) is 0 Å². The molecular weight excluding hydrogens is 162 g/mol. The van der Waals surface area contributed by atoms with E-state index in [4.69, 9.17) is 5.11 Å². The summed E-state index contributed by atoms with van der Waals surface area (Å²) in [5.74, 6) is 0.682. The number of nitrogens with zero attached hydrogens (tertiary/aromatic N) is 1. The zero-order valence-corrected chi connectivity index (χ0v) is 7.43. The molecule has 0 spiro atoms. The molecule has 3 nitrogen and oxygen atoms in total. The molecule has 1 aliphatic rings. The fraction of sp³-hybridized carbons (Fsp3) is 0.857. The zero-order chi connectivity index (χ0) is 8.27. The van der Waals surface area contributed by atoms with Crippen LogP contribution in [-0.2, 0) is 4.79 Å². The molecule has 0 radical (unpaired) electrons. The van der Waals surface area contributed by atoms with E-state index in [-0.39, 0.29) is 12.0 Å². The van der Waals surface area contributed by atoms with Gasteiger partial charge in [-0.25, -0.2) is 0 Å². The van der Waals surface area contributed by atoms with E-state index >= 15 is 0 Å². The van der Waals surface area contributed by atoms with E-state index in [1.165, 1.54) is 11.8 Å². The molecule has 1 N–H and O–H groups in total.